The molecule has 0 bridgehead atoms. The first-order valence-electron chi connectivity index (χ1n) is 5.07. The quantitative estimate of drug-likeness (QED) is 0.700. The van der Waals surface area contributed by atoms with Gasteiger partial charge in [-0.25, -0.2) is 0 Å². The van der Waals surface area contributed by atoms with Crippen LogP contribution in [0.5, 0.6) is 0 Å². The topological polar surface area (TPSA) is 21.3 Å². The third-order valence-corrected chi connectivity index (χ3v) is 2.84. The molecule has 1 fully saturated rings. The van der Waals surface area contributed by atoms with E-state index in [9.17, 15) is 0 Å². The van der Waals surface area contributed by atoms with Gasteiger partial charge in [0.2, 0.25) is 0 Å². The fourth-order valence-corrected chi connectivity index (χ4v) is 1.84. The van der Waals surface area contributed by atoms with E-state index in [1.54, 1.807) is 0 Å². The summed E-state index contributed by atoms with van der Waals surface area (Å²) in [5.74, 6) is 0. The third kappa shape index (κ3) is 2.46. The van der Waals surface area contributed by atoms with Crippen LogP contribution in [0.2, 0.25) is 0 Å². The summed E-state index contributed by atoms with van der Waals surface area (Å²) >= 11 is 0. The Morgan fingerprint density at radius 3 is 2.83 bits per heavy atom. The molecule has 1 saturated heterocycles. The van der Waals surface area contributed by atoms with Gasteiger partial charge >= 0.3 is 0 Å². The molecule has 0 amide bonds. The number of nitrogens with one attached hydrogen (secondary N) is 1. The van der Waals surface area contributed by atoms with Crippen molar-refractivity contribution in [3.63, 3.8) is 0 Å². The van der Waals surface area contributed by atoms with E-state index in [-0.39, 0.29) is 5.60 Å². The predicted molar refractivity (Wildman–Crippen MR) is 51.3 cm³/mol. The van der Waals surface area contributed by atoms with Crippen molar-refractivity contribution >= 4 is 0 Å². The van der Waals surface area contributed by atoms with Gasteiger partial charge in [-0.15, -0.1) is 0 Å². The summed E-state index contributed by atoms with van der Waals surface area (Å²) in [6, 6.07) is 0.675. The highest BCUT2D eigenvalue weighted by Gasteiger charge is 2.30. The van der Waals surface area contributed by atoms with Gasteiger partial charge < -0.3 is 10.1 Å². The van der Waals surface area contributed by atoms with Crippen LogP contribution in [0.4, 0.5) is 0 Å². The number of ether oxygens (including phenoxy) is 1. The summed E-state index contributed by atoms with van der Waals surface area (Å²) in [4.78, 5) is 0. The second-order valence-electron chi connectivity index (χ2n) is 3.90. The Hall–Kier alpha value is -0.0800. The van der Waals surface area contributed by atoms with Gasteiger partial charge in [0.25, 0.3) is 0 Å². The zero-order chi connectivity index (χ0) is 9.03. The Bertz CT molecular complexity index is 136. The van der Waals surface area contributed by atoms with Gasteiger partial charge in [-0.1, -0.05) is 13.8 Å². The lowest BCUT2D eigenvalue weighted by molar-refractivity contribution is -0.0776. The molecule has 0 aromatic heterocycles. The highest BCUT2D eigenvalue weighted by atomic mass is 16.5. The lowest BCUT2D eigenvalue weighted by Crippen LogP contribution is -2.44. The van der Waals surface area contributed by atoms with Crippen molar-refractivity contribution in [2.45, 2.75) is 51.7 Å². The molecule has 0 radical (unpaired) electrons. The molecule has 1 heterocycles. The summed E-state index contributed by atoms with van der Waals surface area (Å²) in [6.45, 7) is 8.58. The fourth-order valence-electron chi connectivity index (χ4n) is 1.84. The second-order valence-corrected chi connectivity index (χ2v) is 3.90. The summed E-state index contributed by atoms with van der Waals surface area (Å²) < 4.78 is 5.75. The van der Waals surface area contributed by atoms with Crippen molar-refractivity contribution < 1.29 is 4.74 Å². The van der Waals surface area contributed by atoms with E-state index in [1.807, 2.05) is 0 Å². The smallest absolute Gasteiger partial charge is 0.0666 e. The Kier molecular flexibility index (Phi) is 3.53. The van der Waals surface area contributed by atoms with Gasteiger partial charge in [-0.2, -0.15) is 0 Å². The van der Waals surface area contributed by atoms with Crippen molar-refractivity contribution in [3.8, 4) is 0 Å². The van der Waals surface area contributed by atoms with Crippen molar-refractivity contribution in [1.29, 1.82) is 0 Å². The zero-order valence-electron chi connectivity index (χ0n) is 8.52. The lowest BCUT2D eigenvalue weighted by Gasteiger charge is -2.38. The van der Waals surface area contributed by atoms with E-state index in [4.69, 9.17) is 4.74 Å². The maximum atomic E-state index is 5.75. The summed E-state index contributed by atoms with van der Waals surface area (Å²) in [7, 11) is 0. The van der Waals surface area contributed by atoms with Crippen molar-refractivity contribution in [3.05, 3.63) is 0 Å². The molecular weight excluding hydrogens is 150 g/mol. The molecule has 0 saturated carbocycles. The number of hydrogen-bond donors (Lipinski definition) is 1. The van der Waals surface area contributed by atoms with E-state index in [0.717, 1.165) is 26.0 Å². The molecule has 2 heteroatoms. The Morgan fingerprint density at radius 1 is 1.50 bits per heavy atom. The van der Waals surface area contributed by atoms with Crippen LogP contribution in [0.1, 0.15) is 40.0 Å². The average molecular weight is 171 g/mol. The first-order valence-corrected chi connectivity index (χ1v) is 5.07. The summed E-state index contributed by atoms with van der Waals surface area (Å²) in [6.07, 6.45) is 3.45. The largest absolute Gasteiger partial charge is 0.375 e. The van der Waals surface area contributed by atoms with Crippen molar-refractivity contribution in [2.24, 2.45) is 0 Å². The molecule has 1 aliphatic heterocycles. The van der Waals surface area contributed by atoms with E-state index in [2.05, 4.69) is 26.1 Å². The van der Waals surface area contributed by atoms with Crippen LogP contribution in [0, 0.1) is 0 Å². The maximum absolute atomic E-state index is 5.75. The summed E-state index contributed by atoms with van der Waals surface area (Å²) in [5, 5.41) is 3.49. The van der Waals surface area contributed by atoms with E-state index in [0.29, 0.717) is 6.04 Å². The second kappa shape index (κ2) is 4.24. The van der Waals surface area contributed by atoms with Crippen LogP contribution in [-0.2, 0) is 4.74 Å². The zero-order valence-corrected chi connectivity index (χ0v) is 8.52. The Balaban J connectivity index is 2.39. The van der Waals surface area contributed by atoms with Crippen LogP contribution in [0.25, 0.3) is 0 Å². The van der Waals surface area contributed by atoms with Gasteiger partial charge in [0.15, 0.2) is 0 Å². The van der Waals surface area contributed by atoms with Gasteiger partial charge in [-0.05, 0) is 32.7 Å². The molecule has 0 aromatic rings. The normalized spacial score (nSPS) is 36.8. The molecular formula is C10H21NO. The molecule has 1 rings (SSSR count). The maximum Gasteiger partial charge on any atom is 0.0666 e. The minimum Gasteiger partial charge on any atom is -0.375 e. The molecule has 2 nitrogen and oxygen atoms in total. The molecule has 0 spiro atoms. The highest BCUT2D eigenvalue weighted by Crippen LogP contribution is 2.27. The van der Waals surface area contributed by atoms with E-state index < -0.39 is 0 Å². The lowest BCUT2D eigenvalue weighted by atomic mass is 9.90. The first-order chi connectivity index (χ1) is 5.70. The van der Waals surface area contributed by atoms with E-state index >= 15 is 0 Å². The van der Waals surface area contributed by atoms with Gasteiger partial charge in [0.1, 0.15) is 0 Å². The number of rotatable bonds is 3. The minimum absolute atomic E-state index is 0.130. The number of hydrogen-bond acceptors (Lipinski definition) is 2. The molecule has 2 atom stereocenters. The molecule has 0 aliphatic carbocycles. The van der Waals surface area contributed by atoms with Gasteiger partial charge in [0, 0.05) is 12.6 Å². The molecule has 12 heavy (non-hydrogen) atoms. The van der Waals surface area contributed by atoms with Crippen LogP contribution in [-0.4, -0.2) is 24.8 Å². The predicted octanol–water partition coefficient (Wildman–Crippen LogP) is 1.94. The Morgan fingerprint density at radius 2 is 2.25 bits per heavy atom. The van der Waals surface area contributed by atoms with Gasteiger partial charge in [0.05, 0.1) is 5.60 Å². The monoisotopic (exact) mass is 171 g/mol. The molecule has 1 N–H and O–H groups in total. The van der Waals surface area contributed by atoms with Crippen molar-refractivity contribution in [1.82, 2.24) is 5.32 Å². The molecule has 2 unspecified atom stereocenters. The third-order valence-electron chi connectivity index (χ3n) is 2.84. The highest BCUT2D eigenvalue weighted by molar-refractivity contribution is 4.84. The SMILES string of the molecule is CCNC1CCOC(C)(CC)C1. The standard InChI is InChI=1S/C10H21NO/c1-4-10(3)8-9(11-5-2)6-7-12-10/h9,11H,4-8H2,1-3H3. The summed E-state index contributed by atoms with van der Waals surface area (Å²) in [5.41, 5.74) is 0.130. The van der Waals surface area contributed by atoms with Crippen LogP contribution < -0.4 is 5.32 Å². The van der Waals surface area contributed by atoms with Crippen LogP contribution >= 0.6 is 0 Å². The fraction of sp³-hybridized carbons (Fsp3) is 1.00. The first kappa shape index (κ1) is 10.0. The molecule has 0 aromatic carbocycles. The van der Waals surface area contributed by atoms with Crippen molar-refractivity contribution in [2.75, 3.05) is 13.2 Å². The molecule has 72 valence electrons. The minimum atomic E-state index is 0.130. The molecule has 1 aliphatic rings. The van der Waals surface area contributed by atoms with Gasteiger partial charge in [-0.3, -0.25) is 0 Å². The van der Waals surface area contributed by atoms with E-state index in [1.165, 1.54) is 6.42 Å². The van der Waals surface area contributed by atoms with Crippen LogP contribution in [0.3, 0.4) is 0 Å². The average Bonchev–Trinajstić information content (AvgIpc) is 2.05. The Labute approximate surface area is 75.7 Å². The van der Waals surface area contributed by atoms with Crippen LogP contribution in [0.15, 0.2) is 0 Å².